The Morgan fingerprint density at radius 2 is 2.12 bits per heavy atom. The van der Waals surface area contributed by atoms with Crippen molar-refractivity contribution in [3.05, 3.63) is 0 Å². The predicted octanol–water partition coefficient (Wildman–Crippen LogP) is 1.45. The number of rotatable bonds is 6. The van der Waals surface area contributed by atoms with Crippen LogP contribution in [0.3, 0.4) is 0 Å². The third-order valence-corrected chi connectivity index (χ3v) is 2.84. The third-order valence-electron chi connectivity index (χ3n) is 2.84. The highest BCUT2D eigenvalue weighted by Gasteiger charge is 2.37. The molecule has 1 aromatic heterocycles. The van der Waals surface area contributed by atoms with Crippen LogP contribution in [-0.2, 0) is 0 Å². The monoisotopic (exact) mass is 237 g/mol. The Morgan fingerprint density at radius 3 is 2.76 bits per heavy atom. The van der Waals surface area contributed by atoms with E-state index in [0.29, 0.717) is 24.0 Å². The van der Waals surface area contributed by atoms with Crippen LogP contribution in [0.4, 0.5) is 11.9 Å². The minimum Gasteiger partial charge on any atom is -0.463 e. The molecule has 1 aromatic rings. The van der Waals surface area contributed by atoms with E-state index in [2.05, 4.69) is 27.2 Å². The summed E-state index contributed by atoms with van der Waals surface area (Å²) in [4.78, 5) is 12.1. The van der Waals surface area contributed by atoms with Gasteiger partial charge in [-0.2, -0.15) is 15.0 Å². The number of ether oxygens (including phenoxy) is 1. The second-order valence-electron chi connectivity index (χ2n) is 4.81. The summed E-state index contributed by atoms with van der Waals surface area (Å²) in [6.45, 7) is 5.71. The van der Waals surface area contributed by atoms with Gasteiger partial charge in [-0.25, -0.2) is 0 Å². The van der Waals surface area contributed by atoms with Crippen molar-refractivity contribution in [1.82, 2.24) is 15.0 Å². The van der Waals surface area contributed by atoms with Gasteiger partial charge in [0, 0.05) is 6.54 Å². The molecule has 1 aliphatic rings. The van der Waals surface area contributed by atoms with Crippen LogP contribution in [0, 0.1) is 5.41 Å². The van der Waals surface area contributed by atoms with Crippen molar-refractivity contribution in [1.29, 1.82) is 0 Å². The number of aromatic nitrogens is 3. The van der Waals surface area contributed by atoms with E-state index in [1.165, 1.54) is 12.8 Å². The molecule has 94 valence electrons. The van der Waals surface area contributed by atoms with Gasteiger partial charge in [-0.3, -0.25) is 0 Å². The van der Waals surface area contributed by atoms with Gasteiger partial charge in [0.25, 0.3) is 0 Å². The summed E-state index contributed by atoms with van der Waals surface area (Å²) >= 11 is 0. The average Bonchev–Trinajstić information content (AvgIpc) is 3.02. The molecule has 2 rings (SSSR count). The average molecular weight is 237 g/mol. The molecular weight excluding hydrogens is 218 g/mol. The maximum absolute atomic E-state index is 5.60. The Bertz CT molecular complexity index is 391. The maximum Gasteiger partial charge on any atom is 0.323 e. The molecule has 3 N–H and O–H groups in total. The molecule has 0 saturated heterocycles. The van der Waals surface area contributed by atoms with Gasteiger partial charge >= 0.3 is 6.01 Å². The van der Waals surface area contributed by atoms with E-state index in [0.717, 1.165) is 13.0 Å². The third kappa shape index (κ3) is 3.44. The Labute approximate surface area is 101 Å². The van der Waals surface area contributed by atoms with Crippen LogP contribution in [0.5, 0.6) is 6.01 Å². The molecule has 1 aliphatic carbocycles. The van der Waals surface area contributed by atoms with Crippen LogP contribution in [0.2, 0.25) is 0 Å². The highest BCUT2D eigenvalue weighted by Crippen LogP contribution is 2.44. The number of anilines is 2. The lowest BCUT2D eigenvalue weighted by Gasteiger charge is -2.10. The second-order valence-corrected chi connectivity index (χ2v) is 4.81. The molecule has 6 heteroatoms. The van der Waals surface area contributed by atoms with E-state index in [9.17, 15) is 0 Å². The molecule has 1 saturated carbocycles. The summed E-state index contributed by atoms with van der Waals surface area (Å²) in [6.07, 6.45) is 3.41. The van der Waals surface area contributed by atoms with E-state index in [1.54, 1.807) is 0 Å². The first-order valence-corrected chi connectivity index (χ1v) is 5.99. The second kappa shape index (κ2) is 4.73. The highest BCUT2D eigenvalue weighted by molar-refractivity contribution is 5.33. The number of hydrogen-bond donors (Lipinski definition) is 2. The number of nitrogens with zero attached hydrogens (tertiary/aromatic N) is 3. The Morgan fingerprint density at radius 1 is 1.35 bits per heavy atom. The van der Waals surface area contributed by atoms with Gasteiger partial charge < -0.3 is 15.8 Å². The molecule has 1 heterocycles. The van der Waals surface area contributed by atoms with Crippen molar-refractivity contribution >= 4 is 11.9 Å². The maximum atomic E-state index is 5.60. The molecular formula is C11H19N5O. The largest absolute Gasteiger partial charge is 0.463 e. The van der Waals surface area contributed by atoms with E-state index in [-0.39, 0.29) is 5.95 Å². The minimum absolute atomic E-state index is 0.189. The van der Waals surface area contributed by atoms with Crippen molar-refractivity contribution in [2.24, 2.45) is 5.41 Å². The summed E-state index contributed by atoms with van der Waals surface area (Å²) in [5.74, 6) is 0.686. The zero-order valence-electron chi connectivity index (χ0n) is 10.4. The van der Waals surface area contributed by atoms with Gasteiger partial charge in [-0.15, -0.1) is 0 Å². The fourth-order valence-electron chi connectivity index (χ4n) is 1.39. The predicted molar refractivity (Wildman–Crippen MR) is 65.9 cm³/mol. The molecule has 0 aromatic carbocycles. The van der Waals surface area contributed by atoms with Crippen molar-refractivity contribution in [2.45, 2.75) is 33.1 Å². The van der Waals surface area contributed by atoms with Crippen molar-refractivity contribution < 1.29 is 4.74 Å². The molecule has 0 spiro atoms. The van der Waals surface area contributed by atoms with Crippen LogP contribution in [-0.4, -0.2) is 28.1 Å². The van der Waals surface area contributed by atoms with E-state index >= 15 is 0 Å². The summed E-state index contributed by atoms with van der Waals surface area (Å²) in [7, 11) is 0. The SMILES string of the molecule is CCCOc1nc(N)nc(NCC2(C)CC2)n1. The van der Waals surface area contributed by atoms with E-state index in [4.69, 9.17) is 10.5 Å². The molecule has 0 amide bonds. The van der Waals surface area contributed by atoms with Crippen molar-refractivity contribution in [2.75, 3.05) is 24.2 Å². The molecule has 1 fully saturated rings. The van der Waals surface area contributed by atoms with Crippen LogP contribution in [0.1, 0.15) is 33.1 Å². The Balaban J connectivity index is 1.97. The molecule has 17 heavy (non-hydrogen) atoms. The zero-order valence-corrected chi connectivity index (χ0v) is 10.4. The van der Waals surface area contributed by atoms with Gasteiger partial charge in [-0.05, 0) is 24.7 Å². The van der Waals surface area contributed by atoms with Gasteiger partial charge in [0.05, 0.1) is 6.61 Å². The molecule has 6 nitrogen and oxygen atoms in total. The van der Waals surface area contributed by atoms with Gasteiger partial charge in [0.15, 0.2) is 0 Å². The highest BCUT2D eigenvalue weighted by atomic mass is 16.5. The summed E-state index contributed by atoms with van der Waals surface area (Å²) in [5, 5.41) is 3.18. The lowest BCUT2D eigenvalue weighted by Crippen LogP contribution is -2.15. The lowest BCUT2D eigenvalue weighted by molar-refractivity contribution is 0.292. The summed E-state index contributed by atoms with van der Waals surface area (Å²) in [6, 6.07) is 0.294. The Hall–Kier alpha value is -1.59. The van der Waals surface area contributed by atoms with Crippen LogP contribution >= 0.6 is 0 Å². The molecule has 0 bridgehead atoms. The van der Waals surface area contributed by atoms with Gasteiger partial charge in [-0.1, -0.05) is 13.8 Å². The first kappa shape index (κ1) is 11.9. The first-order chi connectivity index (χ1) is 8.11. The smallest absolute Gasteiger partial charge is 0.323 e. The topological polar surface area (TPSA) is 86.0 Å². The minimum atomic E-state index is 0.189. The molecule has 0 aliphatic heterocycles. The van der Waals surface area contributed by atoms with Crippen LogP contribution < -0.4 is 15.8 Å². The van der Waals surface area contributed by atoms with E-state index < -0.39 is 0 Å². The standard InChI is InChI=1S/C11H19N5O/c1-3-6-17-10-15-8(12)14-9(16-10)13-7-11(2)4-5-11/h3-7H2,1-2H3,(H3,12,13,14,15,16). The number of nitrogens with two attached hydrogens (primary N) is 1. The number of nitrogens with one attached hydrogen (secondary N) is 1. The molecule has 0 unspecified atom stereocenters. The van der Waals surface area contributed by atoms with Crippen LogP contribution in [0.25, 0.3) is 0 Å². The van der Waals surface area contributed by atoms with E-state index in [1.807, 2.05) is 6.92 Å². The first-order valence-electron chi connectivity index (χ1n) is 5.99. The lowest BCUT2D eigenvalue weighted by atomic mass is 10.1. The fourth-order valence-corrected chi connectivity index (χ4v) is 1.39. The van der Waals surface area contributed by atoms with Crippen molar-refractivity contribution in [3.8, 4) is 6.01 Å². The fraction of sp³-hybridized carbons (Fsp3) is 0.727. The van der Waals surface area contributed by atoms with Crippen LogP contribution in [0.15, 0.2) is 0 Å². The zero-order chi connectivity index (χ0) is 12.3. The van der Waals surface area contributed by atoms with Crippen molar-refractivity contribution in [3.63, 3.8) is 0 Å². The number of nitrogen functional groups attached to an aromatic ring is 1. The summed E-state index contributed by atoms with van der Waals surface area (Å²) < 4.78 is 5.34. The van der Waals surface area contributed by atoms with Gasteiger partial charge in [0.1, 0.15) is 0 Å². The number of hydrogen-bond acceptors (Lipinski definition) is 6. The van der Waals surface area contributed by atoms with Gasteiger partial charge in [0.2, 0.25) is 11.9 Å². The molecule has 0 atom stereocenters. The quantitative estimate of drug-likeness (QED) is 0.779. The Kier molecular flexibility index (Phi) is 3.31. The normalized spacial score (nSPS) is 16.6. The summed E-state index contributed by atoms with van der Waals surface area (Å²) in [5.41, 5.74) is 6.00. The molecule has 0 radical (unpaired) electrons.